The van der Waals surface area contributed by atoms with Crippen LogP contribution in [0, 0.1) is 11.3 Å². The van der Waals surface area contributed by atoms with Crippen molar-refractivity contribution in [3.8, 4) is 11.8 Å². The lowest BCUT2D eigenvalue weighted by atomic mass is 10.1. The first-order valence-corrected chi connectivity index (χ1v) is 8.37. The minimum atomic E-state index is -0.271. The van der Waals surface area contributed by atoms with E-state index in [2.05, 4.69) is 38.8 Å². The van der Waals surface area contributed by atoms with E-state index in [0.717, 1.165) is 19.3 Å². The molecule has 20 heavy (non-hydrogen) atoms. The normalized spacial score (nSPS) is 13.3. The molecule has 0 bridgehead atoms. The fourth-order valence-electron chi connectivity index (χ4n) is 1.74. The zero-order chi connectivity index (χ0) is 15.0. The number of ether oxygens (including phenoxy) is 1. The standard InChI is InChI=1S/C15H17Br2NO2/c1-2-3-12(16)8-13(17)9-15(19)20-14-6-4-11(10-18)5-7-14/h4-7,12-13H,2-3,8-9H2,1H3. The van der Waals surface area contributed by atoms with Gasteiger partial charge in [0.15, 0.2) is 0 Å². The number of benzene rings is 1. The zero-order valence-electron chi connectivity index (χ0n) is 11.3. The molecular formula is C15H17Br2NO2. The van der Waals surface area contributed by atoms with Crippen LogP contribution in [0.15, 0.2) is 24.3 Å². The number of hydrogen-bond acceptors (Lipinski definition) is 3. The highest BCUT2D eigenvalue weighted by Gasteiger charge is 2.16. The summed E-state index contributed by atoms with van der Waals surface area (Å²) in [5.41, 5.74) is 0.546. The van der Waals surface area contributed by atoms with Crippen molar-refractivity contribution in [2.45, 2.75) is 42.3 Å². The molecule has 0 aliphatic carbocycles. The predicted octanol–water partition coefficient (Wildman–Crippen LogP) is 4.57. The van der Waals surface area contributed by atoms with E-state index < -0.39 is 0 Å². The molecule has 2 unspecified atom stereocenters. The maximum absolute atomic E-state index is 11.8. The highest BCUT2D eigenvalue weighted by atomic mass is 79.9. The van der Waals surface area contributed by atoms with Crippen molar-refractivity contribution in [2.24, 2.45) is 0 Å². The first-order chi connectivity index (χ1) is 9.55. The van der Waals surface area contributed by atoms with Gasteiger partial charge in [-0.25, -0.2) is 0 Å². The number of carbonyl (C=O) groups excluding carboxylic acids is 1. The highest BCUT2D eigenvalue weighted by molar-refractivity contribution is 9.10. The quantitative estimate of drug-likeness (QED) is 0.381. The Kier molecular flexibility index (Phi) is 7.86. The summed E-state index contributed by atoms with van der Waals surface area (Å²) < 4.78 is 5.23. The van der Waals surface area contributed by atoms with Crippen molar-refractivity contribution in [2.75, 3.05) is 0 Å². The number of carbonyl (C=O) groups is 1. The van der Waals surface area contributed by atoms with Crippen LogP contribution in [0.25, 0.3) is 0 Å². The number of nitrogens with zero attached hydrogens (tertiary/aromatic N) is 1. The van der Waals surface area contributed by atoms with E-state index in [1.54, 1.807) is 24.3 Å². The molecule has 0 aliphatic heterocycles. The van der Waals surface area contributed by atoms with Crippen LogP contribution in [0.2, 0.25) is 0 Å². The van der Waals surface area contributed by atoms with Crippen LogP contribution in [0.5, 0.6) is 5.75 Å². The van der Waals surface area contributed by atoms with Gasteiger partial charge in [-0.2, -0.15) is 5.26 Å². The Balaban J connectivity index is 2.40. The summed E-state index contributed by atoms with van der Waals surface area (Å²) in [4.78, 5) is 12.3. The second kappa shape index (κ2) is 9.15. The minimum Gasteiger partial charge on any atom is -0.426 e. The molecule has 5 heteroatoms. The molecule has 108 valence electrons. The first-order valence-electron chi connectivity index (χ1n) is 6.54. The molecule has 1 aromatic carbocycles. The Morgan fingerprint density at radius 3 is 2.50 bits per heavy atom. The number of halogens is 2. The molecule has 2 atom stereocenters. The molecule has 0 N–H and O–H groups in total. The summed E-state index contributed by atoms with van der Waals surface area (Å²) in [6, 6.07) is 8.54. The van der Waals surface area contributed by atoms with Gasteiger partial charge in [0.2, 0.25) is 0 Å². The fourth-order valence-corrected chi connectivity index (χ4v) is 3.87. The Hall–Kier alpha value is -0.860. The second-order valence-electron chi connectivity index (χ2n) is 4.53. The number of rotatable bonds is 7. The van der Waals surface area contributed by atoms with Crippen molar-refractivity contribution in [1.29, 1.82) is 5.26 Å². The van der Waals surface area contributed by atoms with E-state index in [1.165, 1.54) is 0 Å². The van der Waals surface area contributed by atoms with Crippen LogP contribution in [-0.2, 0) is 4.79 Å². The van der Waals surface area contributed by atoms with Gasteiger partial charge in [-0.3, -0.25) is 4.79 Å². The van der Waals surface area contributed by atoms with Gasteiger partial charge in [-0.05, 0) is 37.1 Å². The van der Waals surface area contributed by atoms with Crippen molar-refractivity contribution in [3.05, 3.63) is 29.8 Å². The van der Waals surface area contributed by atoms with E-state index in [9.17, 15) is 4.79 Å². The van der Waals surface area contributed by atoms with Crippen LogP contribution in [0.3, 0.4) is 0 Å². The molecule has 0 saturated heterocycles. The number of esters is 1. The third kappa shape index (κ3) is 6.53. The summed E-state index contributed by atoms with van der Waals surface area (Å²) in [6.07, 6.45) is 3.42. The van der Waals surface area contributed by atoms with E-state index in [0.29, 0.717) is 22.6 Å². The number of hydrogen-bond donors (Lipinski definition) is 0. The van der Waals surface area contributed by atoms with Gasteiger partial charge in [-0.1, -0.05) is 45.2 Å². The molecular weight excluding hydrogens is 386 g/mol. The molecule has 3 nitrogen and oxygen atoms in total. The Morgan fingerprint density at radius 2 is 1.95 bits per heavy atom. The third-order valence-electron chi connectivity index (χ3n) is 2.72. The van der Waals surface area contributed by atoms with E-state index in [-0.39, 0.29) is 10.8 Å². The van der Waals surface area contributed by atoms with Crippen molar-refractivity contribution >= 4 is 37.8 Å². The lowest BCUT2D eigenvalue weighted by Crippen LogP contribution is -2.16. The van der Waals surface area contributed by atoms with Gasteiger partial charge < -0.3 is 4.74 Å². The Morgan fingerprint density at radius 1 is 1.30 bits per heavy atom. The first kappa shape index (κ1) is 17.2. The molecule has 0 fully saturated rings. The van der Waals surface area contributed by atoms with Crippen molar-refractivity contribution < 1.29 is 9.53 Å². The number of alkyl halides is 2. The van der Waals surface area contributed by atoms with Crippen LogP contribution in [-0.4, -0.2) is 15.6 Å². The van der Waals surface area contributed by atoms with E-state index in [1.807, 2.05) is 6.07 Å². The molecule has 0 aliphatic rings. The molecule has 0 radical (unpaired) electrons. The van der Waals surface area contributed by atoms with Crippen LogP contribution >= 0.6 is 31.9 Å². The monoisotopic (exact) mass is 401 g/mol. The van der Waals surface area contributed by atoms with Crippen molar-refractivity contribution in [3.63, 3.8) is 0 Å². The minimum absolute atomic E-state index is 0.101. The lowest BCUT2D eigenvalue weighted by molar-refractivity contribution is -0.134. The molecule has 1 aromatic rings. The fraction of sp³-hybridized carbons (Fsp3) is 0.467. The van der Waals surface area contributed by atoms with Crippen LogP contribution < -0.4 is 4.74 Å². The van der Waals surface area contributed by atoms with Gasteiger partial charge in [0.25, 0.3) is 0 Å². The van der Waals surface area contributed by atoms with E-state index >= 15 is 0 Å². The van der Waals surface area contributed by atoms with Crippen molar-refractivity contribution in [1.82, 2.24) is 0 Å². The average Bonchev–Trinajstić information content (AvgIpc) is 2.39. The lowest BCUT2D eigenvalue weighted by Gasteiger charge is -2.13. The van der Waals surface area contributed by atoms with Gasteiger partial charge in [0, 0.05) is 9.65 Å². The molecule has 0 saturated carbocycles. The third-order valence-corrected chi connectivity index (χ3v) is 4.25. The predicted molar refractivity (Wildman–Crippen MR) is 86.4 cm³/mol. The Bertz CT molecular complexity index is 468. The molecule has 0 spiro atoms. The van der Waals surface area contributed by atoms with Gasteiger partial charge in [0.05, 0.1) is 18.1 Å². The second-order valence-corrected chi connectivity index (χ2v) is 7.12. The summed E-state index contributed by atoms with van der Waals surface area (Å²) in [7, 11) is 0. The Labute approximate surface area is 136 Å². The smallest absolute Gasteiger partial charge is 0.312 e. The molecule has 0 aromatic heterocycles. The molecule has 1 rings (SSSR count). The van der Waals surface area contributed by atoms with Gasteiger partial charge in [0.1, 0.15) is 5.75 Å². The molecule has 0 heterocycles. The highest BCUT2D eigenvalue weighted by Crippen LogP contribution is 2.22. The SMILES string of the molecule is CCCC(Br)CC(Br)CC(=O)Oc1ccc(C#N)cc1. The van der Waals surface area contributed by atoms with Crippen LogP contribution in [0.1, 0.15) is 38.2 Å². The summed E-state index contributed by atoms with van der Waals surface area (Å²) in [6.45, 7) is 2.14. The topological polar surface area (TPSA) is 50.1 Å². The largest absolute Gasteiger partial charge is 0.426 e. The van der Waals surface area contributed by atoms with Crippen LogP contribution in [0.4, 0.5) is 0 Å². The maximum Gasteiger partial charge on any atom is 0.312 e. The van der Waals surface area contributed by atoms with Gasteiger partial charge >= 0.3 is 5.97 Å². The summed E-state index contributed by atoms with van der Waals surface area (Å²) in [5.74, 6) is 0.199. The number of nitriles is 1. The molecule has 0 amide bonds. The van der Waals surface area contributed by atoms with Gasteiger partial charge in [-0.15, -0.1) is 0 Å². The maximum atomic E-state index is 11.8. The average molecular weight is 403 g/mol. The van der Waals surface area contributed by atoms with E-state index in [4.69, 9.17) is 10.00 Å². The summed E-state index contributed by atoms with van der Waals surface area (Å²) >= 11 is 7.11. The summed E-state index contributed by atoms with van der Waals surface area (Å²) in [5, 5.41) is 8.69. The zero-order valence-corrected chi connectivity index (χ0v) is 14.5.